The zero-order valence-corrected chi connectivity index (χ0v) is 14.1. The van der Waals surface area contributed by atoms with E-state index in [2.05, 4.69) is 10.3 Å². The van der Waals surface area contributed by atoms with Gasteiger partial charge in [0.15, 0.2) is 0 Å². The number of morpholine rings is 1. The number of carbonyl (C=O) groups is 1. The highest BCUT2D eigenvalue weighted by atomic mass is 16.5. The average Bonchev–Trinajstić information content (AvgIpc) is 2.62. The molecule has 1 fully saturated rings. The first-order valence-corrected chi connectivity index (χ1v) is 8.16. The minimum atomic E-state index is -0.0389. The molecular weight excluding hydrogens is 306 g/mol. The standard InChI is InChI=1S/C18H23N3O3/c1-21(17(22)10-14-11-19-8-9-24-14)12-13-5-6-16(23-2)18-15(13)4-3-7-20-18/h3-7,14,19H,8-12H2,1-2H3/t14-/m1/s1. The van der Waals surface area contributed by atoms with Crippen molar-refractivity contribution in [3.05, 3.63) is 36.0 Å². The van der Waals surface area contributed by atoms with Gasteiger partial charge in [0.25, 0.3) is 0 Å². The van der Waals surface area contributed by atoms with Crippen molar-refractivity contribution in [3.8, 4) is 5.75 Å². The van der Waals surface area contributed by atoms with E-state index < -0.39 is 0 Å². The van der Waals surface area contributed by atoms with Crippen LogP contribution < -0.4 is 10.1 Å². The number of nitrogens with one attached hydrogen (secondary N) is 1. The van der Waals surface area contributed by atoms with Crippen LogP contribution in [-0.2, 0) is 16.1 Å². The molecule has 0 unspecified atom stereocenters. The Labute approximate surface area is 141 Å². The van der Waals surface area contributed by atoms with Crippen molar-refractivity contribution >= 4 is 16.8 Å². The van der Waals surface area contributed by atoms with E-state index in [1.807, 2.05) is 31.3 Å². The number of ether oxygens (including phenoxy) is 2. The molecule has 2 heterocycles. The second-order valence-electron chi connectivity index (χ2n) is 5.98. The SMILES string of the molecule is COc1ccc(CN(C)C(=O)C[C@@H]2CNCCO2)c2cccnc12. The van der Waals surface area contributed by atoms with E-state index in [0.29, 0.717) is 19.6 Å². The summed E-state index contributed by atoms with van der Waals surface area (Å²) in [6.45, 7) is 2.78. The van der Waals surface area contributed by atoms with Gasteiger partial charge in [-0.1, -0.05) is 12.1 Å². The summed E-state index contributed by atoms with van der Waals surface area (Å²) < 4.78 is 11.0. The van der Waals surface area contributed by atoms with Crippen LogP contribution in [0.1, 0.15) is 12.0 Å². The first-order valence-electron chi connectivity index (χ1n) is 8.16. The topological polar surface area (TPSA) is 63.7 Å². The smallest absolute Gasteiger partial charge is 0.225 e. The van der Waals surface area contributed by atoms with Gasteiger partial charge in [0.05, 0.1) is 26.2 Å². The summed E-state index contributed by atoms with van der Waals surface area (Å²) in [4.78, 5) is 18.6. The molecule has 24 heavy (non-hydrogen) atoms. The summed E-state index contributed by atoms with van der Waals surface area (Å²) in [6, 6.07) is 7.80. The Morgan fingerprint density at radius 3 is 3.08 bits per heavy atom. The predicted octanol–water partition coefficient (Wildman–Crippen LogP) is 1.58. The van der Waals surface area contributed by atoms with Crippen molar-refractivity contribution in [2.24, 2.45) is 0 Å². The van der Waals surface area contributed by atoms with Gasteiger partial charge in [0.2, 0.25) is 5.91 Å². The van der Waals surface area contributed by atoms with Crippen molar-refractivity contribution in [1.82, 2.24) is 15.2 Å². The summed E-state index contributed by atoms with van der Waals surface area (Å²) >= 11 is 0. The van der Waals surface area contributed by atoms with Gasteiger partial charge in [-0.25, -0.2) is 0 Å². The monoisotopic (exact) mass is 329 g/mol. The van der Waals surface area contributed by atoms with Gasteiger partial charge in [-0.15, -0.1) is 0 Å². The number of fused-ring (bicyclic) bond motifs is 1. The lowest BCUT2D eigenvalue weighted by atomic mass is 10.1. The first-order chi connectivity index (χ1) is 11.7. The van der Waals surface area contributed by atoms with Crippen LogP contribution in [0.2, 0.25) is 0 Å². The Bertz CT molecular complexity index is 714. The summed E-state index contributed by atoms with van der Waals surface area (Å²) in [7, 11) is 3.46. The van der Waals surface area contributed by atoms with Crippen LogP contribution in [-0.4, -0.2) is 55.7 Å². The molecule has 1 amide bonds. The Balaban J connectivity index is 1.73. The van der Waals surface area contributed by atoms with Crippen LogP contribution in [0.4, 0.5) is 0 Å². The van der Waals surface area contributed by atoms with E-state index in [4.69, 9.17) is 9.47 Å². The number of hydrogen-bond donors (Lipinski definition) is 1. The zero-order valence-electron chi connectivity index (χ0n) is 14.1. The van der Waals surface area contributed by atoms with Gasteiger partial charge < -0.3 is 19.7 Å². The molecule has 0 spiro atoms. The summed E-state index contributed by atoms with van der Waals surface area (Å²) in [5.74, 6) is 0.821. The molecule has 1 aliphatic rings. The Hall–Kier alpha value is -2.18. The minimum absolute atomic E-state index is 0.0389. The molecule has 1 aliphatic heterocycles. The van der Waals surface area contributed by atoms with Crippen LogP contribution in [0.3, 0.4) is 0 Å². The van der Waals surface area contributed by atoms with Gasteiger partial charge in [-0.2, -0.15) is 0 Å². The number of rotatable bonds is 5. The maximum absolute atomic E-state index is 12.5. The molecule has 1 saturated heterocycles. The van der Waals surface area contributed by atoms with E-state index in [1.165, 1.54) is 0 Å². The number of hydrogen-bond acceptors (Lipinski definition) is 5. The molecule has 1 aromatic heterocycles. The van der Waals surface area contributed by atoms with Crippen molar-refractivity contribution in [2.75, 3.05) is 33.9 Å². The highest BCUT2D eigenvalue weighted by Gasteiger charge is 2.20. The van der Waals surface area contributed by atoms with E-state index in [9.17, 15) is 4.79 Å². The third-order valence-electron chi connectivity index (χ3n) is 4.28. The highest BCUT2D eigenvalue weighted by molar-refractivity contribution is 5.88. The number of aromatic nitrogens is 1. The Kier molecular flexibility index (Phi) is 5.27. The fraction of sp³-hybridized carbons (Fsp3) is 0.444. The third kappa shape index (κ3) is 3.66. The number of benzene rings is 1. The molecule has 1 atom stereocenters. The molecule has 3 rings (SSSR count). The van der Waals surface area contributed by atoms with E-state index in [0.717, 1.165) is 35.3 Å². The average molecular weight is 329 g/mol. The Morgan fingerprint density at radius 2 is 2.33 bits per heavy atom. The first kappa shape index (κ1) is 16.7. The molecule has 128 valence electrons. The second kappa shape index (κ2) is 7.59. The number of amides is 1. The largest absolute Gasteiger partial charge is 0.494 e. The van der Waals surface area contributed by atoms with Gasteiger partial charge in [-0.05, 0) is 17.7 Å². The molecule has 0 radical (unpaired) electrons. The predicted molar refractivity (Wildman–Crippen MR) is 92.0 cm³/mol. The quantitative estimate of drug-likeness (QED) is 0.902. The van der Waals surface area contributed by atoms with Crippen molar-refractivity contribution in [1.29, 1.82) is 0 Å². The maximum Gasteiger partial charge on any atom is 0.225 e. The fourth-order valence-corrected chi connectivity index (χ4v) is 2.95. The van der Waals surface area contributed by atoms with Gasteiger partial charge >= 0.3 is 0 Å². The summed E-state index contributed by atoms with van der Waals surface area (Å²) in [5.41, 5.74) is 1.87. The molecule has 1 aromatic carbocycles. The van der Waals surface area contributed by atoms with E-state index >= 15 is 0 Å². The second-order valence-corrected chi connectivity index (χ2v) is 5.98. The van der Waals surface area contributed by atoms with Crippen molar-refractivity contribution < 1.29 is 14.3 Å². The normalized spacial score (nSPS) is 17.7. The van der Waals surface area contributed by atoms with Crippen LogP contribution in [0, 0.1) is 0 Å². The van der Waals surface area contributed by atoms with Crippen molar-refractivity contribution in [3.63, 3.8) is 0 Å². The molecular formula is C18H23N3O3. The maximum atomic E-state index is 12.5. The van der Waals surface area contributed by atoms with Gasteiger partial charge in [0, 0.05) is 38.3 Å². The molecule has 1 N–H and O–H groups in total. The van der Waals surface area contributed by atoms with Crippen LogP contribution in [0.5, 0.6) is 5.75 Å². The number of pyridine rings is 1. The number of carbonyl (C=O) groups excluding carboxylic acids is 1. The molecule has 0 aliphatic carbocycles. The molecule has 6 nitrogen and oxygen atoms in total. The van der Waals surface area contributed by atoms with Crippen molar-refractivity contribution in [2.45, 2.75) is 19.1 Å². The molecule has 6 heteroatoms. The lowest BCUT2D eigenvalue weighted by Gasteiger charge is -2.26. The lowest BCUT2D eigenvalue weighted by molar-refractivity contribution is -0.133. The Morgan fingerprint density at radius 1 is 1.46 bits per heavy atom. The fourth-order valence-electron chi connectivity index (χ4n) is 2.95. The number of methoxy groups -OCH3 is 1. The van der Waals surface area contributed by atoms with Gasteiger partial charge in [-0.3, -0.25) is 9.78 Å². The summed E-state index contributed by atoms with van der Waals surface area (Å²) in [6.07, 6.45) is 2.11. The zero-order chi connectivity index (χ0) is 16.9. The van der Waals surface area contributed by atoms with Crippen LogP contribution >= 0.6 is 0 Å². The van der Waals surface area contributed by atoms with Crippen LogP contribution in [0.15, 0.2) is 30.5 Å². The number of nitrogens with zero attached hydrogens (tertiary/aromatic N) is 2. The minimum Gasteiger partial charge on any atom is -0.494 e. The molecule has 2 aromatic rings. The molecule has 0 saturated carbocycles. The summed E-state index contributed by atoms with van der Waals surface area (Å²) in [5, 5.41) is 4.25. The third-order valence-corrected chi connectivity index (χ3v) is 4.28. The highest BCUT2D eigenvalue weighted by Crippen LogP contribution is 2.27. The lowest BCUT2D eigenvalue weighted by Crippen LogP contribution is -2.41. The van der Waals surface area contributed by atoms with E-state index in [1.54, 1.807) is 18.2 Å². The molecule has 0 bridgehead atoms. The van der Waals surface area contributed by atoms with Crippen LogP contribution in [0.25, 0.3) is 10.9 Å². The van der Waals surface area contributed by atoms with E-state index in [-0.39, 0.29) is 12.0 Å². The van der Waals surface area contributed by atoms with Gasteiger partial charge in [0.1, 0.15) is 11.3 Å².